The summed E-state index contributed by atoms with van der Waals surface area (Å²) in [6, 6.07) is 21.2. The van der Waals surface area contributed by atoms with Crippen LogP contribution in [0.3, 0.4) is 0 Å². The van der Waals surface area contributed by atoms with Gasteiger partial charge < -0.3 is 10.1 Å². The number of aliphatic imine (C=N–C) groups is 1. The maximum Gasteiger partial charge on any atom is 0.279 e. The molecular formula is C24H16Cl2N2O3S. The number of hydrogen-bond donors (Lipinski definition) is 1. The minimum Gasteiger partial charge on any atom is -0.488 e. The molecule has 4 rings (SSSR count). The van der Waals surface area contributed by atoms with Crippen LogP contribution in [-0.4, -0.2) is 17.0 Å². The molecule has 0 atom stereocenters. The van der Waals surface area contributed by atoms with E-state index in [9.17, 15) is 9.59 Å². The summed E-state index contributed by atoms with van der Waals surface area (Å²) in [7, 11) is 0. The second-order valence-corrected chi connectivity index (χ2v) is 8.59. The first-order valence-corrected chi connectivity index (χ1v) is 11.1. The van der Waals surface area contributed by atoms with Crippen molar-refractivity contribution in [3.05, 3.63) is 104 Å². The minimum atomic E-state index is -0.464. The number of rotatable bonds is 5. The number of thioether (sulfide) groups is 1. The summed E-state index contributed by atoms with van der Waals surface area (Å²) < 4.78 is 5.94. The van der Waals surface area contributed by atoms with Crippen LogP contribution in [0.25, 0.3) is 6.08 Å². The predicted molar refractivity (Wildman–Crippen MR) is 129 cm³/mol. The molecule has 0 radical (unpaired) electrons. The smallest absolute Gasteiger partial charge is 0.279 e. The first-order chi connectivity index (χ1) is 15.5. The highest BCUT2D eigenvalue weighted by Crippen LogP contribution is 2.30. The number of nitrogens with zero attached hydrogens (tertiary/aromatic N) is 1. The lowest BCUT2D eigenvalue weighted by molar-refractivity contribution is -0.115. The highest BCUT2D eigenvalue weighted by Gasteiger charge is 2.25. The van der Waals surface area contributed by atoms with Crippen LogP contribution in [0.1, 0.15) is 21.5 Å². The number of amides is 2. The molecule has 0 saturated carbocycles. The summed E-state index contributed by atoms with van der Waals surface area (Å²) >= 11 is 13.1. The number of benzene rings is 3. The number of para-hydroxylation sites is 1. The van der Waals surface area contributed by atoms with Crippen LogP contribution < -0.4 is 10.1 Å². The van der Waals surface area contributed by atoms with Crippen molar-refractivity contribution < 1.29 is 14.3 Å². The summed E-state index contributed by atoms with van der Waals surface area (Å²) in [6.45, 7) is 0.293. The van der Waals surface area contributed by atoms with Crippen LogP contribution >= 0.6 is 35.0 Å². The maximum absolute atomic E-state index is 12.4. The highest BCUT2D eigenvalue weighted by molar-refractivity contribution is 8.18. The van der Waals surface area contributed by atoms with Gasteiger partial charge in [0.2, 0.25) is 0 Å². The van der Waals surface area contributed by atoms with Crippen molar-refractivity contribution in [3.8, 4) is 5.75 Å². The van der Waals surface area contributed by atoms with E-state index in [1.807, 2.05) is 42.5 Å². The van der Waals surface area contributed by atoms with Gasteiger partial charge >= 0.3 is 0 Å². The molecule has 1 fully saturated rings. The van der Waals surface area contributed by atoms with Crippen LogP contribution in [0.5, 0.6) is 5.75 Å². The Balaban J connectivity index is 1.50. The Morgan fingerprint density at radius 3 is 2.50 bits per heavy atom. The summed E-state index contributed by atoms with van der Waals surface area (Å²) in [5.41, 5.74) is 1.97. The van der Waals surface area contributed by atoms with Crippen molar-refractivity contribution in [2.24, 2.45) is 4.99 Å². The molecule has 32 heavy (non-hydrogen) atoms. The molecule has 1 N–H and O–H groups in total. The summed E-state index contributed by atoms with van der Waals surface area (Å²) in [5, 5.41) is 3.99. The van der Waals surface area contributed by atoms with E-state index in [4.69, 9.17) is 27.9 Å². The highest BCUT2D eigenvalue weighted by atomic mass is 35.5. The molecule has 0 aromatic heterocycles. The Morgan fingerprint density at radius 2 is 1.72 bits per heavy atom. The van der Waals surface area contributed by atoms with Crippen LogP contribution in [0.2, 0.25) is 10.0 Å². The SMILES string of the molecule is O=C1NC(=NC(=O)c2ccc(Cl)cc2)S/C1=C\c1ccccc1OCc1ccccc1Cl. The zero-order valence-electron chi connectivity index (χ0n) is 16.5. The van der Waals surface area contributed by atoms with Gasteiger partial charge in [-0.3, -0.25) is 9.59 Å². The van der Waals surface area contributed by atoms with Gasteiger partial charge in [0, 0.05) is 26.7 Å². The number of hydrogen-bond acceptors (Lipinski definition) is 4. The van der Waals surface area contributed by atoms with Crippen LogP contribution in [0.15, 0.2) is 82.7 Å². The number of nitrogens with one attached hydrogen (secondary N) is 1. The first kappa shape index (κ1) is 22.1. The molecule has 1 saturated heterocycles. The maximum atomic E-state index is 12.4. The van der Waals surface area contributed by atoms with Crippen molar-refractivity contribution in [2.75, 3.05) is 0 Å². The molecule has 3 aromatic carbocycles. The predicted octanol–water partition coefficient (Wildman–Crippen LogP) is 5.97. The molecule has 8 heteroatoms. The molecular weight excluding hydrogens is 467 g/mol. The monoisotopic (exact) mass is 482 g/mol. The van der Waals surface area contributed by atoms with Gasteiger partial charge in [-0.05, 0) is 54.2 Å². The summed E-state index contributed by atoms with van der Waals surface area (Å²) in [6.07, 6.45) is 1.71. The third-order valence-electron chi connectivity index (χ3n) is 4.49. The Labute approximate surface area is 199 Å². The Morgan fingerprint density at radius 1 is 1.00 bits per heavy atom. The van der Waals surface area contributed by atoms with E-state index in [0.29, 0.717) is 32.9 Å². The van der Waals surface area contributed by atoms with Gasteiger partial charge in [0.15, 0.2) is 5.17 Å². The van der Waals surface area contributed by atoms with Crippen LogP contribution in [0.4, 0.5) is 0 Å². The molecule has 2 amide bonds. The lowest BCUT2D eigenvalue weighted by Crippen LogP contribution is -2.20. The number of ether oxygens (including phenoxy) is 1. The minimum absolute atomic E-state index is 0.218. The molecule has 0 unspecified atom stereocenters. The third kappa shape index (κ3) is 5.40. The lowest BCUT2D eigenvalue weighted by Gasteiger charge is -2.10. The van der Waals surface area contributed by atoms with E-state index >= 15 is 0 Å². The van der Waals surface area contributed by atoms with E-state index in [1.54, 1.807) is 36.4 Å². The fourth-order valence-corrected chi connectivity index (χ4v) is 4.00. The molecule has 1 heterocycles. The Hall–Kier alpha value is -3.06. The number of halogens is 2. The van der Waals surface area contributed by atoms with Gasteiger partial charge in [-0.15, -0.1) is 0 Å². The van der Waals surface area contributed by atoms with Crippen molar-refractivity contribution >= 4 is 58.0 Å². The van der Waals surface area contributed by atoms with Crippen molar-refractivity contribution in [1.82, 2.24) is 5.32 Å². The van der Waals surface area contributed by atoms with E-state index in [-0.39, 0.29) is 11.1 Å². The Kier molecular flexibility index (Phi) is 6.95. The third-order valence-corrected chi connectivity index (χ3v) is 6.02. The molecule has 0 spiro atoms. The van der Waals surface area contributed by atoms with Crippen molar-refractivity contribution in [3.63, 3.8) is 0 Å². The lowest BCUT2D eigenvalue weighted by atomic mass is 10.2. The molecule has 5 nitrogen and oxygen atoms in total. The van der Waals surface area contributed by atoms with E-state index in [1.165, 1.54) is 0 Å². The molecule has 1 aliphatic rings. The standard InChI is InChI=1S/C24H16Cl2N2O3S/c25-18-11-9-15(10-12-18)22(29)27-24-28-23(30)21(32-24)13-16-5-2-4-8-20(16)31-14-17-6-1-3-7-19(17)26/h1-13H,14H2,(H,27,28,29,30)/b21-13-. The topological polar surface area (TPSA) is 67.8 Å². The largest absolute Gasteiger partial charge is 0.488 e. The molecule has 0 bridgehead atoms. The fraction of sp³-hybridized carbons (Fsp3) is 0.0417. The molecule has 160 valence electrons. The normalized spacial score (nSPS) is 15.8. The van der Waals surface area contributed by atoms with E-state index in [2.05, 4.69) is 10.3 Å². The zero-order chi connectivity index (χ0) is 22.5. The van der Waals surface area contributed by atoms with Gasteiger partial charge in [0.05, 0.1) is 4.91 Å². The van der Waals surface area contributed by atoms with Crippen molar-refractivity contribution in [2.45, 2.75) is 6.61 Å². The quantitative estimate of drug-likeness (QED) is 0.454. The van der Waals surface area contributed by atoms with E-state index < -0.39 is 5.91 Å². The fourth-order valence-electron chi connectivity index (χ4n) is 2.87. The average Bonchev–Trinajstić information content (AvgIpc) is 3.13. The Bertz CT molecular complexity index is 1240. The first-order valence-electron chi connectivity index (χ1n) is 9.54. The van der Waals surface area contributed by atoms with Crippen LogP contribution in [0, 0.1) is 0 Å². The number of amidine groups is 1. The average molecular weight is 483 g/mol. The van der Waals surface area contributed by atoms with E-state index in [0.717, 1.165) is 22.9 Å². The van der Waals surface area contributed by atoms with Gasteiger partial charge in [-0.2, -0.15) is 4.99 Å². The summed E-state index contributed by atoms with van der Waals surface area (Å²) in [4.78, 5) is 29.2. The molecule has 1 aliphatic heterocycles. The zero-order valence-corrected chi connectivity index (χ0v) is 18.9. The van der Waals surface area contributed by atoms with Crippen molar-refractivity contribution in [1.29, 1.82) is 0 Å². The van der Waals surface area contributed by atoms with Gasteiger partial charge in [0.25, 0.3) is 11.8 Å². The second-order valence-electron chi connectivity index (χ2n) is 6.71. The van der Waals surface area contributed by atoms with Gasteiger partial charge in [-0.1, -0.05) is 59.6 Å². The van der Waals surface area contributed by atoms with Gasteiger partial charge in [-0.25, -0.2) is 0 Å². The number of carbonyl (C=O) groups excluding carboxylic acids is 2. The number of carbonyl (C=O) groups is 2. The molecule has 0 aliphatic carbocycles. The summed E-state index contributed by atoms with van der Waals surface area (Å²) in [5.74, 6) is -0.191. The second kappa shape index (κ2) is 10.0. The van der Waals surface area contributed by atoms with Crippen LogP contribution in [-0.2, 0) is 11.4 Å². The molecule has 3 aromatic rings. The van der Waals surface area contributed by atoms with Gasteiger partial charge in [0.1, 0.15) is 12.4 Å².